The van der Waals surface area contributed by atoms with Crippen molar-refractivity contribution in [2.75, 3.05) is 39.5 Å². The van der Waals surface area contributed by atoms with Crippen LogP contribution in [0.5, 0.6) is 0 Å². The number of hydrogen-bond acceptors (Lipinski definition) is 7. The van der Waals surface area contributed by atoms with Gasteiger partial charge in [0.05, 0.1) is 37.0 Å². The largest absolute Gasteiger partial charge is 0.444 e. The van der Waals surface area contributed by atoms with Crippen LogP contribution in [0.4, 0.5) is 4.79 Å². The summed E-state index contributed by atoms with van der Waals surface area (Å²) in [6.45, 7) is 7.45. The van der Waals surface area contributed by atoms with Gasteiger partial charge in [-0.3, -0.25) is 9.69 Å². The van der Waals surface area contributed by atoms with E-state index in [-0.39, 0.29) is 24.6 Å². The average molecular weight is 517 g/mol. The summed E-state index contributed by atoms with van der Waals surface area (Å²) in [6, 6.07) is 1.80. The van der Waals surface area contributed by atoms with Crippen LogP contribution in [-0.2, 0) is 19.0 Å². The summed E-state index contributed by atoms with van der Waals surface area (Å²) in [4.78, 5) is 33.1. The number of azide groups is 1. The Bertz CT molecular complexity index is 938. The third-order valence-corrected chi connectivity index (χ3v) is 8.21. The summed E-state index contributed by atoms with van der Waals surface area (Å²) >= 11 is 0. The fourth-order valence-electron chi connectivity index (χ4n) is 7.35. The molecule has 0 N–H and O–H groups in total. The van der Waals surface area contributed by atoms with E-state index in [2.05, 4.69) is 16.1 Å². The number of ether oxygens (including phenoxy) is 3. The lowest BCUT2D eigenvalue weighted by Crippen LogP contribution is -2.68. The van der Waals surface area contributed by atoms with Crippen LogP contribution in [0.3, 0.4) is 0 Å². The number of rotatable bonds is 10. The Morgan fingerprint density at radius 3 is 2.57 bits per heavy atom. The lowest BCUT2D eigenvalue weighted by Gasteiger charge is -2.64. The summed E-state index contributed by atoms with van der Waals surface area (Å²) < 4.78 is 17.9. The molecule has 1 heterocycles. The van der Waals surface area contributed by atoms with Crippen LogP contribution >= 0.6 is 0 Å². The van der Waals surface area contributed by atoms with Crippen LogP contribution in [0.2, 0.25) is 0 Å². The molecule has 3 unspecified atom stereocenters. The molecular weight excluding hydrogens is 476 g/mol. The summed E-state index contributed by atoms with van der Waals surface area (Å²) in [5.41, 5.74) is 6.83. The van der Waals surface area contributed by atoms with E-state index in [0.29, 0.717) is 51.0 Å². The molecule has 5 aliphatic rings. The second-order valence-electron chi connectivity index (χ2n) is 12.2. The Morgan fingerprint density at radius 1 is 1.19 bits per heavy atom. The quantitative estimate of drug-likeness (QED) is 0.185. The number of nitriles is 1. The first-order valence-electron chi connectivity index (χ1n) is 13.5. The molecule has 5 fully saturated rings. The number of likely N-dealkylation sites (tertiary alicyclic amines) is 1. The van der Waals surface area contributed by atoms with E-state index < -0.39 is 23.3 Å². The second-order valence-corrected chi connectivity index (χ2v) is 12.2. The van der Waals surface area contributed by atoms with Crippen LogP contribution in [0, 0.1) is 23.2 Å². The highest BCUT2D eigenvalue weighted by molar-refractivity contribution is 5.83. The minimum Gasteiger partial charge on any atom is -0.444 e. The topological polar surface area (TPSA) is 141 Å². The maximum Gasteiger partial charge on any atom is 0.411 e. The van der Waals surface area contributed by atoms with Gasteiger partial charge in [-0.2, -0.15) is 5.26 Å². The Kier molecular flexibility index (Phi) is 8.22. The van der Waals surface area contributed by atoms with Crippen molar-refractivity contribution in [2.45, 2.75) is 94.9 Å². The van der Waals surface area contributed by atoms with E-state index in [1.165, 1.54) is 0 Å². The lowest BCUT2D eigenvalue weighted by molar-refractivity contribution is -0.202. The number of amides is 2. The molecule has 37 heavy (non-hydrogen) atoms. The fourth-order valence-corrected chi connectivity index (χ4v) is 7.35. The summed E-state index contributed by atoms with van der Waals surface area (Å²) in [6.07, 6.45) is 6.36. The monoisotopic (exact) mass is 516 g/mol. The molecule has 4 aliphatic carbocycles. The molecule has 1 aliphatic heterocycles. The van der Waals surface area contributed by atoms with E-state index in [1.54, 1.807) is 9.80 Å². The van der Waals surface area contributed by atoms with Gasteiger partial charge in [0.1, 0.15) is 18.2 Å². The van der Waals surface area contributed by atoms with Crippen molar-refractivity contribution < 1.29 is 23.8 Å². The molecule has 0 spiro atoms. The predicted octanol–water partition coefficient (Wildman–Crippen LogP) is 4.17. The number of hydrogen-bond donors (Lipinski definition) is 0. The van der Waals surface area contributed by atoms with E-state index in [0.717, 1.165) is 38.5 Å². The van der Waals surface area contributed by atoms with Crippen molar-refractivity contribution >= 4 is 12.0 Å². The highest BCUT2D eigenvalue weighted by Crippen LogP contribution is 2.61. The Hall–Kier alpha value is -2.54. The molecule has 11 nitrogen and oxygen atoms in total. The van der Waals surface area contributed by atoms with Crippen molar-refractivity contribution in [3.05, 3.63) is 10.4 Å². The Balaban J connectivity index is 1.51. The van der Waals surface area contributed by atoms with E-state index >= 15 is 0 Å². The molecule has 0 radical (unpaired) electrons. The highest BCUT2D eigenvalue weighted by atomic mass is 16.6. The van der Waals surface area contributed by atoms with Crippen LogP contribution < -0.4 is 0 Å². The van der Waals surface area contributed by atoms with Crippen LogP contribution in [0.25, 0.3) is 10.4 Å². The van der Waals surface area contributed by atoms with Gasteiger partial charge in [-0.1, -0.05) is 5.11 Å². The third-order valence-electron chi connectivity index (χ3n) is 8.21. The highest BCUT2D eigenvalue weighted by Gasteiger charge is 2.62. The lowest BCUT2D eigenvalue weighted by atomic mass is 9.50. The first kappa shape index (κ1) is 27.5. The van der Waals surface area contributed by atoms with Crippen molar-refractivity contribution in [3.63, 3.8) is 0 Å². The Labute approximate surface area is 219 Å². The molecule has 5 atom stereocenters. The average Bonchev–Trinajstić information content (AvgIpc) is 3.29. The molecule has 4 saturated carbocycles. The molecule has 5 rings (SSSR count). The molecule has 11 heteroatoms. The van der Waals surface area contributed by atoms with Gasteiger partial charge in [-0.05, 0) is 89.5 Å². The maximum absolute atomic E-state index is 13.6. The summed E-state index contributed by atoms with van der Waals surface area (Å²) in [7, 11) is 0. The third kappa shape index (κ3) is 6.31. The van der Waals surface area contributed by atoms with Gasteiger partial charge in [0.15, 0.2) is 0 Å². The van der Waals surface area contributed by atoms with Crippen LogP contribution in [0.1, 0.15) is 72.1 Å². The molecule has 0 aromatic carbocycles. The van der Waals surface area contributed by atoms with E-state index in [4.69, 9.17) is 19.7 Å². The molecule has 1 saturated heterocycles. The molecule has 4 bridgehead atoms. The van der Waals surface area contributed by atoms with Crippen molar-refractivity contribution in [2.24, 2.45) is 17.0 Å². The van der Waals surface area contributed by atoms with Gasteiger partial charge in [-0.25, -0.2) is 4.79 Å². The minimum atomic E-state index is -0.690. The number of nitrogens with zero attached hydrogens (tertiary/aromatic N) is 6. The molecule has 2 amide bonds. The van der Waals surface area contributed by atoms with Gasteiger partial charge in [0.2, 0.25) is 5.91 Å². The maximum atomic E-state index is 13.6. The smallest absolute Gasteiger partial charge is 0.411 e. The van der Waals surface area contributed by atoms with Gasteiger partial charge < -0.3 is 19.1 Å². The normalized spacial score (nSPS) is 32.1. The standard InChI is InChI=1S/C26H40N6O5/c1-24(2,3)37-23(34)32(17-22(33)31-7-4-5-21(31)16-27)25-12-19-11-20(13-25)15-26(14-19,18-25)36-10-9-35-8-6-29-30-28/h19-21H,4-15,17-18H2,1-3H3/t19-,20?,21-,25?,26?/m0/s1. The SMILES string of the molecule is CC(C)(C)OC(=O)N(CC(=O)N1CCC[C@H]1C#N)C12CC3C[C@H](CC(OCCOCCN=[N+]=[N-])(C3)C1)C2. The van der Waals surface area contributed by atoms with Gasteiger partial charge >= 0.3 is 6.09 Å². The zero-order valence-electron chi connectivity index (χ0n) is 22.4. The molecule has 204 valence electrons. The summed E-state index contributed by atoms with van der Waals surface area (Å²) in [5, 5.41) is 13.0. The van der Waals surface area contributed by atoms with E-state index in [1.807, 2.05) is 20.8 Å². The van der Waals surface area contributed by atoms with Crippen molar-refractivity contribution in [3.8, 4) is 6.07 Å². The minimum absolute atomic E-state index is 0.0782. The first-order valence-corrected chi connectivity index (χ1v) is 13.5. The summed E-state index contributed by atoms with van der Waals surface area (Å²) in [5.74, 6) is 0.658. The number of carbonyl (C=O) groups is 2. The predicted molar refractivity (Wildman–Crippen MR) is 134 cm³/mol. The Morgan fingerprint density at radius 2 is 1.92 bits per heavy atom. The zero-order chi connectivity index (χ0) is 26.7. The number of carbonyl (C=O) groups excluding carboxylic acids is 2. The van der Waals surface area contributed by atoms with Crippen molar-refractivity contribution in [1.82, 2.24) is 9.80 Å². The molecule has 0 aromatic rings. The van der Waals surface area contributed by atoms with E-state index in [9.17, 15) is 14.9 Å². The van der Waals surface area contributed by atoms with Gasteiger partial charge in [0, 0.05) is 18.0 Å². The zero-order valence-corrected chi connectivity index (χ0v) is 22.4. The van der Waals surface area contributed by atoms with Crippen LogP contribution in [0.15, 0.2) is 5.11 Å². The van der Waals surface area contributed by atoms with Crippen LogP contribution in [-0.4, -0.2) is 84.0 Å². The first-order chi connectivity index (χ1) is 17.6. The second kappa shape index (κ2) is 11.1. The van der Waals surface area contributed by atoms with Gasteiger partial charge in [-0.15, -0.1) is 0 Å². The van der Waals surface area contributed by atoms with Crippen molar-refractivity contribution in [1.29, 1.82) is 5.26 Å². The van der Waals surface area contributed by atoms with Gasteiger partial charge in [0.25, 0.3) is 0 Å². The molecular formula is C26H40N6O5. The fraction of sp³-hybridized carbons (Fsp3) is 0.885. The molecule has 0 aromatic heterocycles.